The van der Waals surface area contributed by atoms with Crippen LogP contribution in [0.5, 0.6) is 11.5 Å². The molecule has 0 unspecified atom stereocenters. The number of hydrogen-bond donors (Lipinski definition) is 1. The lowest BCUT2D eigenvalue weighted by atomic mass is 9.76. The molecule has 4 nitrogen and oxygen atoms in total. The SMILES string of the molecule is CCC[C@@H](CC(=O)O)c1cccc(OCc2ccc(-c3cc(OC)ccc3F)c(C3=CCC(C)(C)CC3)c2)c1. The predicted molar refractivity (Wildman–Crippen MR) is 155 cm³/mol. The van der Waals surface area contributed by atoms with E-state index in [1.807, 2.05) is 36.4 Å². The van der Waals surface area contributed by atoms with Crippen molar-refractivity contribution >= 4 is 11.5 Å². The van der Waals surface area contributed by atoms with Crippen LogP contribution in [0.3, 0.4) is 0 Å². The summed E-state index contributed by atoms with van der Waals surface area (Å²) in [4.78, 5) is 11.4. The van der Waals surface area contributed by atoms with Gasteiger partial charge in [-0.15, -0.1) is 0 Å². The van der Waals surface area contributed by atoms with Crippen LogP contribution in [-0.4, -0.2) is 18.2 Å². The van der Waals surface area contributed by atoms with E-state index < -0.39 is 5.97 Å². The molecule has 0 radical (unpaired) electrons. The molecular formula is C34H39FO4. The van der Waals surface area contributed by atoms with E-state index in [0.717, 1.165) is 54.4 Å². The van der Waals surface area contributed by atoms with Crippen molar-refractivity contribution in [3.63, 3.8) is 0 Å². The molecule has 0 aliphatic heterocycles. The highest BCUT2D eigenvalue weighted by Gasteiger charge is 2.24. The fourth-order valence-electron chi connectivity index (χ4n) is 5.31. The van der Waals surface area contributed by atoms with Gasteiger partial charge in [-0.3, -0.25) is 4.79 Å². The first kappa shape index (κ1) is 28.4. The maximum absolute atomic E-state index is 15.0. The average molecular weight is 531 g/mol. The molecule has 3 aromatic carbocycles. The van der Waals surface area contributed by atoms with Gasteiger partial charge in [-0.1, -0.05) is 57.5 Å². The van der Waals surface area contributed by atoms with E-state index in [1.165, 1.54) is 11.6 Å². The Kier molecular flexibility index (Phi) is 9.11. The summed E-state index contributed by atoms with van der Waals surface area (Å²) in [6.45, 7) is 6.98. The van der Waals surface area contributed by atoms with Gasteiger partial charge in [0.25, 0.3) is 0 Å². The molecule has 0 saturated carbocycles. The van der Waals surface area contributed by atoms with Crippen LogP contribution < -0.4 is 9.47 Å². The largest absolute Gasteiger partial charge is 0.497 e. The highest BCUT2D eigenvalue weighted by molar-refractivity contribution is 5.83. The Balaban J connectivity index is 1.64. The molecule has 3 aromatic rings. The number of carbonyl (C=O) groups is 1. The zero-order chi connectivity index (χ0) is 28.0. The van der Waals surface area contributed by atoms with Crippen molar-refractivity contribution in [2.45, 2.75) is 71.8 Å². The molecule has 0 saturated heterocycles. The molecular weight excluding hydrogens is 491 g/mol. The third-order valence-electron chi connectivity index (χ3n) is 7.66. The summed E-state index contributed by atoms with van der Waals surface area (Å²) in [7, 11) is 1.59. The maximum Gasteiger partial charge on any atom is 0.303 e. The second kappa shape index (κ2) is 12.5. The van der Waals surface area contributed by atoms with E-state index in [1.54, 1.807) is 19.2 Å². The summed E-state index contributed by atoms with van der Waals surface area (Å²) in [6, 6.07) is 18.7. The van der Waals surface area contributed by atoms with Crippen molar-refractivity contribution in [3.05, 3.63) is 89.2 Å². The van der Waals surface area contributed by atoms with E-state index in [4.69, 9.17) is 9.47 Å². The Bertz CT molecular complexity index is 1340. The summed E-state index contributed by atoms with van der Waals surface area (Å²) in [5, 5.41) is 9.34. The second-order valence-corrected chi connectivity index (χ2v) is 11.3. The van der Waals surface area contributed by atoms with Gasteiger partial charge in [0.15, 0.2) is 0 Å². The van der Waals surface area contributed by atoms with E-state index in [9.17, 15) is 9.90 Å². The number of carboxylic acid groups (broad SMARTS) is 1. The van der Waals surface area contributed by atoms with E-state index in [0.29, 0.717) is 23.7 Å². The molecule has 0 fully saturated rings. The second-order valence-electron chi connectivity index (χ2n) is 11.3. The summed E-state index contributed by atoms with van der Waals surface area (Å²) >= 11 is 0. The van der Waals surface area contributed by atoms with Crippen LogP contribution in [0.15, 0.2) is 66.7 Å². The topological polar surface area (TPSA) is 55.8 Å². The molecule has 0 spiro atoms. The van der Waals surface area contributed by atoms with Crippen LogP contribution in [-0.2, 0) is 11.4 Å². The number of benzene rings is 3. The van der Waals surface area contributed by atoms with E-state index in [2.05, 4.69) is 32.9 Å². The molecule has 1 N–H and O–H groups in total. The predicted octanol–water partition coefficient (Wildman–Crippen LogP) is 9.03. The lowest BCUT2D eigenvalue weighted by Gasteiger charge is -2.29. The number of halogens is 1. The average Bonchev–Trinajstić information content (AvgIpc) is 2.92. The fraction of sp³-hybridized carbons (Fsp3) is 0.382. The van der Waals surface area contributed by atoms with E-state index in [-0.39, 0.29) is 23.6 Å². The number of hydrogen-bond acceptors (Lipinski definition) is 3. The van der Waals surface area contributed by atoms with Gasteiger partial charge in [0.05, 0.1) is 13.5 Å². The number of allylic oxidation sites excluding steroid dienone is 2. The van der Waals surface area contributed by atoms with Crippen molar-refractivity contribution in [2.24, 2.45) is 5.41 Å². The minimum absolute atomic E-state index is 0.0396. The first-order chi connectivity index (χ1) is 18.7. The van der Waals surface area contributed by atoms with Gasteiger partial charge in [-0.05, 0) is 101 Å². The maximum atomic E-state index is 15.0. The molecule has 0 bridgehead atoms. The van der Waals surface area contributed by atoms with Gasteiger partial charge < -0.3 is 14.6 Å². The first-order valence-corrected chi connectivity index (χ1v) is 13.8. The van der Waals surface area contributed by atoms with Crippen LogP contribution >= 0.6 is 0 Å². The molecule has 4 rings (SSSR count). The molecule has 0 aromatic heterocycles. The minimum atomic E-state index is -0.791. The van der Waals surface area contributed by atoms with Crippen molar-refractivity contribution in [2.75, 3.05) is 7.11 Å². The number of methoxy groups -OCH3 is 1. The molecule has 1 atom stereocenters. The van der Waals surface area contributed by atoms with Gasteiger partial charge in [-0.25, -0.2) is 4.39 Å². The van der Waals surface area contributed by atoms with Crippen molar-refractivity contribution < 1.29 is 23.8 Å². The Morgan fingerprint density at radius 2 is 1.85 bits per heavy atom. The summed E-state index contributed by atoms with van der Waals surface area (Å²) in [6.07, 6.45) is 7.11. The van der Waals surface area contributed by atoms with Crippen LogP contribution in [0.1, 0.15) is 81.9 Å². The summed E-state index contributed by atoms with van der Waals surface area (Å²) in [5.74, 6) is 0.217. The molecule has 1 aliphatic rings. The molecule has 1 aliphatic carbocycles. The summed E-state index contributed by atoms with van der Waals surface area (Å²) < 4.78 is 26.6. The van der Waals surface area contributed by atoms with E-state index >= 15 is 4.39 Å². The normalized spacial score (nSPS) is 15.4. The van der Waals surface area contributed by atoms with Gasteiger partial charge in [0.1, 0.15) is 23.9 Å². The smallest absolute Gasteiger partial charge is 0.303 e. The molecule has 5 heteroatoms. The number of rotatable bonds is 11. The van der Waals surface area contributed by atoms with Crippen LogP contribution in [0.4, 0.5) is 4.39 Å². The van der Waals surface area contributed by atoms with Crippen LogP contribution in [0, 0.1) is 11.2 Å². The van der Waals surface area contributed by atoms with Crippen LogP contribution in [0.25, 0.3) is 16.7 Å². The van der Waals surface area contributed by atoms with Crippen molar-refractivity contribution in [1.29, 1.82) is 0 Å². The number of aliphatic carboxylic acids is 1. The highest BCUT2D eigenvalue weighted by atomic mass is 19.1. The number of carboxylic acids is 1. The lowest BCUT2D eigenvalue weighted by molar-refractivity contribution is -0.137. The lowest BCUT2D eigenvalue weighted by Crippen LogP contribution is -2.14. The third-order valence-corrected chi connectivity index (χ3v) is 7.66. The molecule has 206 valence electrons. The first-order valence-electron chi connectivity index (χ1n) is 13.8. The molecule has 0 amide bonds. The van der Waals surface area contributed by atoms with Gasteiger partial charge in [0.2, 0.25) is 0 Å². The Hall–Kier alpha value is -3.60. The van der Waals surface area contributed by atoms with Crippen molar-refractivity contribution in [3.8, 4) is 22.6 Å². The van der Waals surface area contributed by atoms with Gasteiger partial charge >= 0.3 is 5.97 Å². The van der Waals surface area contributed by atoms with Crippen molar-refractivity contribution in [1.82, 2.24) is 0 Å². The monoisotopic (exact) mass is 530 g/mol. The van der Waals surface area contributed by atoms with Gasteiger partial charge in [-0.2, -0.15) is 0 Å². The highest BCUT2D eigenvalue weighted by Crippen LogP contribution is 2.42. The molecule has 39 heavy (non-hydrogen) atoms. The zero-order valence-corrected chi connectivity index (χ0v) is 23.4. The quantitative estimate of drug-likeness (QED) is 0.269. The molecule has 0 heterocycles. The van der Waals surface area contributed by atoms with Gasteiger partial charge in [0, 0.05) is 5.56 Å². The minimum Gasteiger partial charge on any atom is -0.497 e. The Morgan fingerprint density at radius 1 is 1.03 bits per heavy atom. The Labute approximate surface area is 231 Å². The number of ether oxygens (including phenoxy) is 2. The fourth-order valence-corrected chi connectivity index (χ4v) is 5.31. The zero-order valence-electron chi connectivity index (χ0n) is 23.4. The third kappa shape index (κ3) is 7.29. The Morgan fingerprint density at radius 3 is 2.54 bits per heavy atom. The standard InChI is InChI=1S/C34H39FO4/c1-5-7-25(20-33(36)37)26-8-6-9-28(19-26)39-22-23-10-12-29(31-21-27(38-4)11-13-32(31)35)30(18-23)24-14-16-34(2,3)17-15-24/h6,8-14,18-19,21,25H,5,7,15-17,20,22H2,1-4H3,(H,36,37)/t25-/m0/s1. The summed E-state index contributed by atoms with van der Waals surface area (Å²) in [5.41, 5.74) is 5.85. The van der Waals surface area contributed by atoms with Crippen LogP contribution in [0.2, 0.25) is 0 Å².